The maximum atomic E-state index is 2.43. The largest absolute Gasteiger partial charge is 0.309 e. The fourth-order valence-electron chi connectivity index (χ4n) is 9.49. The van der Waals surface area contributed by atoms with Gasteiger partial charge in [0.05, 0.1) is 22.1 Å². The zero-order valence-corrected chi connectivity index (χ0v) is 34.0. The molecule has 0 bridgehead atoms. The van der Waals surface area contributed by atoms with Gasteiger partial charge < -0.3 is 9.13 Å². The van der Waals surface area contributed by atoms with Crippen molar-refractivity contribution in [3.63, 3.8) is 0 Å². The Kier molecular flexibility index (Phi) is 8.53. The van der Waals surface area contributed by atoms with E-state index in [1.165, 1.54) is 99.2 Å². The van der Waals surface area contributed by atoms with Crippen molar-refractivity contribution < 1.29 is 0 Å². The van der Waals surface area contributed by atoms with Crippen molar-refractivity contribution in [2.75, 3.05) is 0 Å². The first-order chi connectivity index (χ1) is 30.7. The Morgan fingerprint density at radius 2 is 0.468 bits per heavy atom. The zero-order chi connectivity index (χ0) is 41.0. The molecule has 0 N–H and O–H groups in total. The molecule has 2 nitrogen and oxygen atoms in total. The predicted molar refractivity (Wildman–Crippen MR) is 262 cm³/mol. The third-order valence-electron chi connectivity index (χ3n) is 12.5. The Morgan fingerprint density at radius 3 is 0.935 bits per heavy atom. The van der Waals surface area contributed by atoms with Crippen molar-refractivity contribution >= 4 is 43.6 Å². The summed E-state index contributed by atoms with van der Waals surface area (Å²) in [5.74, 6) is 0. The van der Waals surface area contributed by atoms with Crippen molar-refractivity contribution in [1.82, 2.24) is 9.13 Å². The summed E-state index contributed by atoms with van der Waals surface area (Å²) in [6.07, 6.45) is 0. The Morgan fingerprint density at radius 1 is 0.177 bits per heavy atom. The van der Waals surface area contributed by atoms with Gasteiger partial charge in [-0.1, -0.05) is 176 Å². The molecule has 0 atom stereocenters. The molecular weight excluding hydrogens is 749 g/mol. The highest BCUT2D eigenvalue weighted by molar-refractivity contribution is 6.13. The molecule has 12 aromatic rings. The monoisotopic (exact) mass is 788 g/mol. The lowest BCUT2D eigenvalue weighted by Gasteiger charge is -2.11. The quantitative estimate of drug-likeness (QED) is 0.152. The van der Waals surface area contributed by atoms with E-state index in [0.29, 0.717) is 0 Å². The highest BCUT2D eigenvalue weighted by atomic mass is 15.0. The van der Waals surface area contributed by atoms with Gasteiger partial charge in [-0.05, 0) is 122 Å². The van der Waals surface area contributed by atoms with E-state index in [-0.39, 0.29) is 0 Å². The van der Waals surface area contributed by atoms with E-state index in [1.807, 2.05) is 0 Å². The third kappa shape index (κ3) is 6.12. The molecule has 12 rings (SSSR count). The second kappa shape index (κ2) is 14.8. The van der Waals surface area contributed by atoms with Gasteiger partial charge in [-0.25, -0.2) is 0 Å². The molecule has 0 aliphatic heterocycles. The van der Waals surface area contributed by atoms with E-state index in [0.717, 1.165) is 11.4 Å². The Balaban J connectivity index is 1.02. The van der Waals surface area contributed by atoms with Crippen LogP contribution in [0, 0.1) is 0 Å². The van der Waals surface area contributed by atoms with Gasteiger partial charge in [0.1, 0.15) is 0 Å². The lowest BCUT2D eigenvalue weighted by atomic mass is 9.98. The summed E-state index contributed by atoms with van der Waals surface area (Å²) in [7, 11) is 0. The summed E-state index contributed by atoms with van der Waals surface area (Å²) in [6.45, 7) is 0. The van der Waals surface area contributed by atoms with E-state index in [1.54, 1.807) is 0 Å². The van der Waals surface area contributed by atoms with Gasteiger partial charge in [0.15, 0.2) is 0 Å². The molecule has 290 valence electrons. The molecule has 0 amide bonds. The molecule has 2 aromatic heterocycles. The Bertz CT molecular complexity index is 3600. The van der Waals surface area contributed by atoms with Crippen LogP contribution in [0.25, 0.3) is 111 Å². The van der Waals surface area contributed by atoms with Gasteiger partial charge in [-0.15, -0.1) is 0 Å². The van der Waals surface area contributed by atoms with E-state index >= 15 is 0 Å². The topological polar surface area (TPSA) is 9.86 Å². The Labute approximate surface area is 360 Å². The summed E-state index contributed by atoms with van der Waals surface area (Å²) >= 11 is 0. The average molecular weight is 789 g/mol. The molecule has 0 aliphatic carbocycles. The van der Waals surface area contributed by atoms with E-state index in [9.17, 15) is 0 Å². The maximum absolute atomic E-state index is 2.43. The van der Waals surface area contributed by atoms with Crippen LogP contribution >= 0.6 is 0 Å². The first-order valence-corrected chi connectivity index (χ1v) is 21.3. The van der Waals surface area contributed by atoms with Crippen molar-refractivity contribution in [3.8, 4) is 67.0 Å². The van der Waals surface area contributed by atoms with Crippen LogP contribution in [-0.2, 0) is 0 Å². The van der Waals surface area contributed by atoms with E-state index < -0.39 is 0 Å². The Hall–Kier alpha value is -8.20. The lowest BCUT2D eigenvalue weighted by Crippen LogP contribution is -1.94. The molecule has 0 aliphatic rings. The molecule has 10 aromatic carbocycles. The fraction of sp³-hybridized carbons (Fsp3) is 0. The first kappa shape index (κ1) is 35.7. The van der Waals surface area contributed by atoms with Crippen molar-refractivity contribution in [2.24, 2.45) is 0 Å². The maximum Gasteiger partial charge on any atom is 0.0541 e. The minimum atomic E-state index is 1.14. The predicted octanol–water partition coefficient (Wildman–Crippen LogP) is 16.2. The van der Waals surface area contributed by atoms with Crippen LogP contribution in [0.1, 0.15) is 0 Å². The highest BCUT2D eigenvalue weighted by Gasteiger charge is 2.18. The van der Waals surface area contributed by atoms with Crippen molar-refractivity contribution in [2.45, 2.75) is 0 Å². The number of hydrogen-bond donors (Lipinski definition) is 0. The molecule has 2 heteroatoms. The van der Waals surface area contributed by atoms with Gasteiger partial charge in [0.25, 0.3) is 0 Å². The molecule has 2 heterocycles. The molecular formula is C60H40N2. The number of fused-ring (bicyclic) bond motifs is 6. The number of hydrogen-bond acceptors (Lipinski definition) is 0. The summed E-state index contributed by atoms with van der Waals surface area (Å²) < 4.78 is 4.85. The molecule has 0 radical (unpaired) electrons. The van der Waals surface area contributed by atoms with Crippen LogP contribution in [0.2, 0.25) is 0 Å². The van der Waals surface area contributed by atoms with Gasteiger partial charge in [0.2, 0.25) is 0 Å². The summed E-state index contributed by atoms with van der Waals surface area (Å²) in [4.78, 5) is 0. The number of aromatic nitrogens is 2. The second-order valence-electron chi connectivity index (χ2n) is 16.2. The number of para-hydroxylation sites is 1. The molecule has 0 unspecified atom stereocenters. The smallest absolute Gasteiger partial charge is 0.0541 e. The zero-order valence-electron chi connectivity index (χ0n) is 34.0. The van der Waals surface area contributed by atoms with Gasteiger partial charge in [-0.2, -0.15) is 0 Å². The number of benzene rings is 10. The van der Waals surface area contributed by atoms with Crippen LogP contribution in [0.4, 0.5) is 0 Å². The van der Waals surface area contributed by atoms with Crippen molar-refractivity contribution in [1.29, 1.82) is 0 Å². The summed E-state index contributed by atoms with van der Waals surface area (Å²) in [6, 6.07) is 88.4. The summed E-state index contributed by atoms with van der Waals surface area (Å²) in [5.41, 5.74) is 19.1. The van der Waals surface area contributed by atoms with Gasteiger partial charge in [-0.3, -0.25) is 0 Å². The molecule has 0 saturated heterocycles. The molecule has 62 heavy (non-hydrogen) atoms. The standard InChI is InChI=1S/C60H40N2/c1-4-14-41(15-5-1)44-26-28-45(29-27-44)48-30-33-59-55(38-48)56-40-50(32-35-60(56)62(59)52-23-13-21-47(37-52)43-18-8-3-9-19-43)49-31-34-58-54(39-49)53-24-10-11-25-57(53)61(58)51-22-12-20-46(36-51)42-16-6-2-7-17-42/h1-40H. The third-order valence-corrected chi connectivity index (χ3v) is 12.5. The minimum Gasteiger partial charge on any atom is -0.309 e. The van der Waals surface area contributed by atoms with E-state index in [2.05, 4.69) is 252 Å². The molecule has 0 fully saturated rings. The van der Waals surface area contributed by atoms with Crippen LogP contribution in [0.15, 0.2) is 243 Å². The number of rotatable bonds is 7. The average Bonchev–Trinajstić information content (AvgIpc) is 3.87. The molecule has 0 saturated carbocycles. The van der Waals surface area contributed by atoms with Crippen LogP contribution in [0.5, 0.6) is 0 Å². The normalized spacial score (nSPS) is 11.5. The van der Waals surface area contributed by atoms with Crippen LogP contribution < -0.4 is 0 Å². The first-order valence-electron chi connectivity index (χ1n) is 21.3. The lowest BCUT2D eigenvalue weighted by molar-refractivity contribution is 1.18. The fourth-order valence-corrected chi connectivity index (χ4v) is 9.49. The number of nitrogens with zero attached hydrogens (tertiary/aromatic N) is 2. The van der Waals surface area contributed by atoms with Crippen LogP contribution in [0.3, 0.4) is 0 Å². The van der Waals surface area contributed by atoms with Gasteiger partial charge >= 0.3 is 0 Å². The molecule has 0 spiro atoms. The minimum absolute atomic E-state index is 1.14. The second-order valence-corrected chi connectivity index (χ2v) is 16.2. The SMILES string of the molecule is c1ccc(-c2ccc(-c3ccc4c(c3)c3cc(-c5ccc6c(c5)c5ccccc5n6-c5cccc(-c6ccccc6)c5)ccc3n4-c3cccc(-c4ccccc4)c3)cc2)cc1. The van der Waals surface area contributed by atoms with E-state index in [4.69, 9.17) is 0 Å². The van der Waals surface area contributed by atoms with Gasteiger partial charge in [0, 0.05) is 32.9 Å². The van der Waals surface area contributed by atoms with Crippen LogP contribution in [-0.4, -0.2) is 9.13 Å². The summed E-state index contributed by atoms with van der Waals surface area (Å²) in [5, 5.41) is 4.94. The highest BCUT2D eigenvalue weighted by Crippen LogP contribution is 2.40. The van der Waals surface area contributed by atoms with Crippen molar-refractivity contribution in [3.05, 3.63) is 243 Å².